The van der Waals surface area contributed by atoms with Crippen LogP contribution >= 0.6 is 23.4 Å². The van der Waals surface area contributed by atoms with Crippen LogP contribution in [-0.4, -0.2) is 61.6 Å². The minimum absolute atomic E-state index is 0.110. The number of rotatable bonds is 10. The molecule has 40 heavy (non-hydrogen) atoms. The van der Waals surface area contributed by atoms with Crippen LogP contribution in [0.2, 0.25) is 5.02 Å². The number of nitro groups is 1. The quantitative estimate of drug-likeness (QED) is 0.163. The Bertz CT molecular complexity index is 1390. The molecule has 9 nitrogen and oxygen atoms in total. The van der Waals surface area contributed by atoms with Gasteiger partial charge in [0.1, 0.15) is 11.3 Å². The Hall–Kier alpha value is -3.60. The number of halogens is 1. The summed E-state index contributed by atoms with van der Waals surface area (Å²) < 4.78 is 11.2. The third-order valence-electron chi connectivity index (χ3n) is 6.56. The highest BCUT2D eigenvalue weighted by Crippen LogP contribution is 2.47. The van der Waals surface area contributed by atoms with Gasteiger partial charge in [-0.05, 0) is 62.0 Å². The number of methoxy groups -OCH3 is 1. The van der Waals surface area contributed by atoms with E-state index >= 15 is 0 Å². The van der Waals surface area contributed by atoms with Gasteiger partial charge in [0.05, 0.1) is 23.0 Å². The summed E-state index contributed by atoms with van der Waals surface area (Å²) in [7, 11) is 3.55. The zero-order valence-corrected chi connectivity index (χ0v) is 24.0. The van der Waals surface area contributed by atoms with Crippen molar-refractivity contribution in [2.75, 3.05) is 38.7 Å². The largest absolute Gasteiger partial charge is 0.497 e. The minimum atomic E-state index is -1.27. The van der Waals surface area contributed by atoms with Crippen LogP contribution in [0.3, 0.4) is 0 Å². The number of carbonyl (C=O) groups is 2. The number of nitrogens with zero attached hydrogens (tertiary/aromatic N) is 3. The first kappa shape index (κ1) is 29.4. The highest BCUT2D eigenvalue weighted by atomic mass is 35.5. The van der Waals surface area contributed by atoms with Crippen LogP contribution < -0.4 is 9.64 Å². The van der Waals surface area contributed by atoms with Crippen LogP contribution in [-0.2, 0) is 9.53 Å². The van der Waals surface area contributed by atoms with Gasteiger partial charge in [-0.3, -0.25) is 14.9 Å². The first-order valence-electron chi connectivity index (χ1n) is 12.8. The number of hydrogen-bond acceptors (Lipinski definition) is 8. The number of ether oxygens (including phenoxy) is 2. The molecular formula is C29H30ClN3O6S. The van der Waals surface area contributed by atoms with Gasteiger partial charge in [-0.2, -0.15) is 0 Å². The number of esters is 1. The number of anilines is 1. The van der Waals surface area contributed by atoms with Gasteiger partial charge in [0.25, 0.3) is 11.6 Å². The second-order valence-electron chi connectivity index (χ2n) is 9.32. The Morgan fingerprint density at radius 3 is 2.52 bits per heavy atom. The zero-order valence-electron chi connectivity index (χ0n) is 22.4. The lowest BCUT2D eigenvalue weighted by Crippen LogP contribution is -2.45. The highest BCUT2D eigenvalue weighted by molar-refractivity contribution is 7.99. The van der Waals surface area contributed by atoms with Gasteiger partial charge in [-0.15, -0.1) is 11.8 Å². The number of likely N-dealkylation sites (N-methyl/N-ethyl adjacent to an activating group) is 1. The highest BCUT2D eigenvalue weighted by Gasteiger charge is 2.42. The molecule has 1 amide bonds. The summed E-state index contributed by atoms with van der Waals surface area (Å²) in [5.41, 5.74) is 0.685. The standard InChI is InChI=1S/C29H30ClN3O6S/c1-4-15-31(2)16-17-32-23-7-5-6-8-25(23)40-27(19-9-12-21(38-3)13-10-19)26(28(32)34)39-29(35)22-14-11-20(30)18-24(22)33(36)37/h5-14,18,26-27H,4,15-17H2,1-3H3/t26-,27+/m1/s1. The summed E-state index contributed by atoms with van der Waals surface area (Å²) in [6.07, 6.45) is -0.304. The van der Waals surface area contributed by atoms with Gasteiger partial charge in [-0.1, -0.05) is 42.8 Å². The Morgan fingerprint density at radius 2 is 1.85 bits per heavy atom. The fourth-order valence-corrected chi connectivity index (χ4v) is 6.02. The number of nitro benzene ring substituents is 1. The maximum atomic E-state index is 14.3. The van der Waals surface area contributed by atoms with Crippen molar-refractivity contribution in [3.8, 4) is 5.75 Å². The molecule has 11 heteroatoms. The van der Waals surface area contributed by atoms with Crippen molar-refractivity contribution in [1.82, 2.24) is 4.90 Å². The third-order valence-corrected chi connectivity index (χ3v) is 8.17. The number of amides is 1. The van der Waals surface area contributed by atoms with Crippen molar-refractivity contribution in [1.29, 1.82) is 0 Å². The average Bonchev–Trinajstić information content (AvgIpc) is 3.06. The molecule has 210 valence electrons. The first-order chi connectivity index (χ1) is 19.2. The van der Waals surface area contributed by atoms with E-state index in [-0.39, 0.29) is 10.6 Å². The van der Waals surface area contributed by atoms with Crippen LogP contribution in [0.1, 0.15) is 34.5 Å². The number of hydrogen-bond donors (Lipinski definition) is 0. The van der Waals surface area contributed by atoms with Crippen molar-refractivity contribution < 1.29 is 24.0 Å². The van der Waals surface area contributed by atoms with Gasteiger partial charge in [0, 0.05) is 29.1 Å². The van der Waals surface area contributed by atoms with E-state index in [0.29, 0.717) is 18.8 Å². The summed E-state index contributed by atoms with van der Waals surface area (Å²) in [5, 5.41) is 11.2. The van der Waals surface area contributed by atoms with Crippen LogP contribution in [0.15, 0.2) is 71.6 Å². The predicted octanol–water partition coefficient (Wildman–Crippen LogP) is 6.00. The molecule has 0 bridgehead atoms. The lowest BCUT2D eigenvalue weighted by Gasteiger charge is -2.29. The molecule has 0 radical (unpaired) electrons. The monoisotopic (exact) mass is 583 g/mol. The summed E-state index contributed by atoms with van der Waals surface area (Å²) >= 11 is 7.35. The Balaban J connectivity index is 1.77. The van der Waals surface area contributed by atoms with E-state index in [9.17, 15) is 19.7 Å². The minimum Gasteiger partial charge on any atom is -0.497 e. The van der Waals surface area contributed by atoms with E-state index < -0.39 is 33.8 Å². The van der Waals surface area contributed by atoms with Gasteiger partial charge in [0.15, 0.2) is 6.10 Å². The molecule has 0 spiro atoms. The predicted molar refractivity (Wildman–Crippen MR) is 155 cm³/mol. The average molecular weight is 584 g/mol. The van der Waals surface area contributed by atoms with E-state index in [0.717, 1.165) is 35.2 Å². The van der Waals surface area contributed by atoms with Gasteiger partial charge in [0.2, 0.25) is 0 Å². The normalized spacial score (nSPS) is 16.8. The Morgan fingerprint density at radius 1 is 1.12 bits per heavy atom. The Labute approximate surface area is 242 Å². The molecule has 3 aromatic rings. The van der Waals surface area contributed by atoms with Crippen LogP contribution in [0.25, 0.3) is 0 Å². The lowest BCUT2D eigenvalue weighted by atomic mass is 10.0. The molecule has 1 aliphatic heterocycles. The maximum absolute atomic E-state index is 14.3. The molecule has 4 rings (SSSR count). The van der Waals surface area contributed by atoms with Crippen LogP contribution in [0.4, 0.5) is 11.4 Å². The zero-order chi connectivity index (χ0) is 28.8. The van der Waals surface area contributed by atoms with E-state index in [4.69, 9.17) is 21.1 Å². The molecule has 0 unspecified atom stereocenters. The van der Waals surface area contributed by atoms with E-state index in [1.165, 1.54) is 23.9 Å². The van der Waals surface area contributed by atoms with Crippen molar-refractivity contribution in [3.05, 3.63) is 93.0 Å². The van der Waals surface area contributed by atoms with E-state index in [1.54, 1.807) is 24.1 Å². The van der Waals surface area contributed by atoms with Gasteiger partial charge < -0.3 is 19.3 Å². The number of carbonyl (C=O) groups excluding carboxylic acids is 2. The number of para-hydroxylation sites is 1. The number of benzene rings is 3. The lowest BCUT2D eigenvalue weighted by molar-refractivity contribution is -0.385. The van der Waals surface area contributed by atoms with Crippen molar-refractivity contribution in [3.63, 3.8) is 0 Å². The summed E-state index contributed by atoms with van der Waals surface area (Å²) in [5.74, 6) is -0.747. The van der Waals surface area contributed by atoms with E-state index in [2.05, 4.69) is 11.8 Å². The number of fused-ring (bicyclic) bond motifs is 1. The van der Waals surface area contributed by atoms with Crippen LogP contribution in [0, 0.1) is 10.1 Å². The van der Waals surface area contributed by atoms with E-state index in [1.807, 2.05) is 43.4 Å². The van der Waals surface area contributed by atoms with Gasteiger partial charge >= 0.3 is 5.97 Å². The fourth-order valence-electron chi connectivity index (χ4n) is 4.53. The molecule has 2 atom stereocenters. The molecule has 1 aliphatic rings. The molecule has 0 saturated carbocycles. The number of thioether (sulfide) groups is 1. The Kier molecular flexibility index (Phi) is 9.67. The molecule has 3 aromatic carbocycles. The van der Waals surface area contributed by atoms with Crippen molar-refractivity contribution in [2.24, 2.45) is 0 Å². The SMILES string of the molecule is CCCN(C)CCN1C(=O)[C@H](OC(=O)c2ccc(Cl)cc2[N+](=O)[O-])[C@H](c2ccc(OC)cc2)Sc2ccccc21. The molecular weight excluding hydrogens is 554 g/mol. The smallest absolute Gasteiger partial charge is 0.346 e. The second kappa shape index (κ2) is 13.2. The fraction of sp³-hybridized carbons (Fsp3) is 0.310. The van der Waals surface area contributed by atoms with Crippen molar-refractivity contribution in [2.45, 2.75) is 29.6 Å². The summed E-state index contributed by atoms with van der Waals surface area (Å²) in [4.78, 5) is 43.3. The molecule has 0 saturated heterocycles. The van der Waals surface area contributed by atoms with Gasteiger partial charge in [-0.25, -0.2) is 4.79 Å². The maximum Gasteiger partial charge on any atom is 0.346 e. The second-order valence-corrected chi connectivity index (χ2v) is 10.9. The first-order valence-corrected chi connectivity index (χ1v) is 14.0. The molecule has 0 N–H and O–H groups in total. The molecule has 0 aliphatic carbocycles. The van der Waals surface area contributed by atoms with Crippen molar-refractivity contribution >= 4 is 46.6 Å². The topological polar surface area (TPSA) is 102 Å². The van der Waals surface area contributed by atoms with Crippen LogP contribution in [0.5, 0.6) is 5.75 Å². The molecule has 1 heterocycles. The summed E-state index contributed by atoms with van der Waals surface area (Å²) in [6, 6.07) is 18.5. The summed E-state index contributed by atoms with van der Waals surface area (Å²) in [6.45, 7) is 3.93. The molecule has 0 fully saturated rings. The third kappa shape index (κ3) is 6.57. The molecule has 0 aromatic heterocycles.